The Hall–Kier alpha value is -1.55. The topological polar surface area (TPSA) is 61.4 Å². The smallest absolute Gasteiger partial charge is 0.251 e. The molecule has 0 heterocycles. The minimum atomic E-state index is -0.102. The van der Waals surface area contributed by atoms with Crippen LogP contribution >= 0.6 is 0 Å². The maximum absolute atomic E-state index is 11.8. The highest BCUT2D eigenvalue weighted by Crippen LogP contribution is 2.27. The molecule has 1 rings (SSSR count). The van der Waals surface area contributed by atoms with Crippen LogP contribution in [0.2, 0.25) is 0 Å². The van der Waals surface area contributed by atoms with Crippen molar-refractivity contribution in [2.24, 2.45) is 5.41 Å². The van der Waals surface area contributed by atoms with Crippen molar-refractivity contribution < 1.29 is 9.90 Å². The summed E-state index contributed by atoms with van der Waals surface area (Å²) >= 11 is 0. The number of carbonyl (C=O) groups excluding carboxylic acids is 1. The summed E-state index contributed by atoms with van der Waals surface area (Å²) in [5.41, 5.74) is 2.46. The van der Waals surface area contributed by atoms with E-state index in [1.165, 1.54) is 0 Å². The van der Waals surface area contributed by atoms with Gasteiger partial charge in [-0.25, -0.2) is 0 Å². The molecule has 0 saturated heterocycles. The molecule has 0 aliphatic heterocycles. The van der Waals surface area contributed by atoms with Crippen molar-refractivity contribution >= 4 is 11.6 Å². The van der Waals surface area contributed by atoms with Gasteiger partial charge < -0.3 is 15.7 Å². The molecule has 0 aromatic heterocycles. The number of carbonyl (C=O) groups is 1. The molecule has 0 aliphatic carbocycles. The molecular formula is C16H26N2O2. The number of rotatable bonds is 7. The summed E-state index contributed by atoms with van der Waals surface area (Å²) < 4.78 is 0. The Bertz CT molecular complexity index is 446. The van der Waals surface area contributed by atoms with Crippen LogP contribution in [0.1, 0.15) is 42.6 Å². The SMILES string of the molecule is CCC(CC)(CO)CNc1cccc(C(=O)NC)c1C. The third-order valence-corrected chi connectivity index (χ3v) is 4.29. The van der Waals surface area contributed by atoms with E-state index in [-0.39, 0.29) is 17.9 Å². The second-order valence-electron chi connectivity index (χ2n) is 5.28. The first-order chi connectivity index (χ1) is 9.53. The zero-order valence-corrected chi connectivity index (χ0v) is 12.9. The summed E-state index contributed by atoms with van der Waals surface area (Å²) in [7, 11) is 1.63. The van der Waals surface area contributed by atoms with E-state index in [9.17, 15) is 9.90 Å². The molecular weight excluding hydrogens is 252 g/mol. The van der Waals surface area contributed by atoms with Crippen molar-refractivity contribution in [3.05, 3.63) is 29.3 Å². The molecule has 0 fully saturated rings. The van der Waals surface area contributed by atoms with Crippen molar-refractivity contribution in [1.82, 2.24) is 5.32 Å². The highest BCUT2D eigenvalue weighted by Gasteiger charge is 2.25. The van der Waals surface area contributed by atoms with E-state index in [1.54, 1.807) is 7.05 Å². The molecule has 0 spiro atoms. The van der Waals surface area contributed by atoms with Gasteiger partial charge in [-0.1, -0.05) is 19.9 Å². The fourth-order valence-corrected chi connectivity index (χ4v) is 2.27. The van der Waals surface area contributed by atoms with Crippen molar-refractivity contribution in [2.75, 3.05) is 25.5 Å². The zero-order valence-electron chi connectivity index (χ0n) is 12.9. The first-order valence-electron chi connectivity index (χ1n) is 7.20. The Morgan fingerprint density at radius 3 is 2.45 bits per heavy atom. The number of aliphatic hydroxyl groups is 1. The number of anilines is 1. The van der Waals surface area contributed by atoms with E-state index in [4.69, 9.17) is 0 Å². The fourth-order valence-electron chi connectivity index (χ4n) is 2.27. The summed E-state index contributed by atoms with van der Waals surface area (Å²) in [4.78, 5) is 11.8. The summed E-state index contributed by atoms with van der Waals surface area (Å²) in [6, 6.07) is 5.66. The zero-order chi connectivity index (χ0) is 15.2. The van der Waals surface area contributed by atoms with Crippen LogP contribution in [0, 0.1) is 12.3 Å². The quantitative estimate of drug-likeness (QED) is 0.718. The minimum absolute atomic E-state index is 0.0782. The van der Waals surface area contributed by atoms with E-state index in [0.717, 1.165) is 24.1 Å². The number of hydrogen-bond acceptors (Lipinski definition) is 3. The highest BCUT2D eigenvalue weighted by atomic mass is 16.3. The number of benzene rings is 1. The Labute approximate surface area is 121 Å². The molecule has 1 aromatic carbocycles. The average Bonchev–Trinajstić information content (AvgIpc) is 2.49. The normalized spacial score (nSPS) is 11.2. The maximum Gasteiger partial charge on any atom is 0.251 e. The van der Waals surface area contributed by atoms with E-state index < -0.39 is 0 Å². The third-order valence-electron chi connectivity index (χ3n) is 4.29. The summed E-state index contributed by atoms with van der Waals surface area (Å²) in [5.74, 6) is -0.0782. The summed E-state index contributed by atoms with van der Waals surface area (Å²) in [5, 5.41) is 15.6. The van der Waals surface area contributed by atoms with Gasteiger partial charge in [-0.3, -0.25) is 4.79 Å². The average molecular weight is 278 g/mol. The fraction of sp³-hybridized carbons (Fsp3) is 0.562. The van der Waals surface area contributed by atoms with Crippen LogP contribution in [0.15, 0.2) is 18.2 Å². The first-order valence-corrected chi connectivity index (χ1v) is 7.20. The lowest BCUT2D eigenvalue weighted by Crippen LogP contribution is -2.32. The van der Waals surface area contributed by atoms with Gasteiger partial charge in [-0.2, -0.15) is 0 Å². The molecule has 1 aromatic rings. The Morgan fingerprint density at radius 2 is 1.95 bits per heavy atom. The van der Waals surface area contributed by atoms with Crippen LogP contribution in [0.25, 0.3) is 0 Å². The van der Waals surface area contributed by atoms with Gasteiger partial charge in [0.05, 0.1) is 6.61 Å². The molecule has 0 unspecified atom stereocenters. The first kappa shape index (κ1) is 16.5. The molecule has 0 bridgehead atoms. The van der Waals surface area contributed by atoms with Crippen molar-refractivity contribution in [1.29, 1.82) is 0 Å². The Kier molecular flexibility index (Phi) is 6.02. The van der Waals surface area contributed by atoms with Crippen molar-refractivity contribution in [2.45, 2.75) is 33.6 Å². The van der Waals surface area contributed by atoms with Gasteiger partial charge >= 0.3 is 0 Å². The van der Waals surface area contributed by atoms with E-state index in [2.05, 4.69) is 24.5 Å². The number of nitrogens with one attached hydrogen (secondary N) is 2. The van der Waals surface area contributed by atoms with E-state index in [0.29, 0.717) is 12.1 Å². The molecule has 0 radical (unpaired) electrons. The molecule has 0 aliphatic rings. The van der Waals surface area contributed by atoms with Gasteiger partial charge in [-0.15, -0.1) is 0 Å². The van der Waals surface area contributed by atoms with E-state index in [1.807, 2.05) is 25.1 Å². The molecule has 20 heavy (non-hydrogen) atoms. The van der Waals surface area contributed by atoms with Crippen LogP contribution in [0.3, 0.4) is 0 Å². The maximum atomic E-state index is 11.8. The Morgan fingerprint density at radius 1 is 1.30 bits per heavy atom. The van der Waals surface area contributed by atoms with Gasteiger partial charge in [0.2, 0.25) is 0 Å². The highest BCUT2D eigenvalue weighted by molar-refractivity contribution is 5.96. The molecule has 3 N–H and O–H groups in total. The van der Waals surface area contributed by atoms with Crippen LogP contribution in [0.4, 0.5) is 5.69 Å². The summed E-state index contributed by atoms with van der Waals surface area (Å²) in [6.07, 6.45) is 1.84. The second kappa shape index (κ2) is 7.29. The molecule has 112 valence electrons. The lowest BCUT2D eigenvalue weighted by Gasteiger charge is -2.30. The minimum Gasteiger partial charge on any atom is -0.396 e. The van der Waals surface area contributed by atoms with Crippen molar-refractivity contribution in [3.63, 3.8) is 0 Å². The lowest BCUT2D eigenvalue weighted by atomic mass is 9.83. The molecule has 4 heteroatoms. The van der Waals surface area contributed by atoms with Crippen LogP contribution in [0.5, 0.6) is 0 Å². The molecule has 0 saturated carbocycles. The van der Waals surface area contributed by atoms with Gasteiger partial charge in [0.15, 0.2) is 0 Å². The van der Waals surface area contributed by atoms with Crippen molar-refractivity contribution in [3.8, 4) is 0 Å². The standard InChI is InChI=1S/C16H26N2O2/c1-5-16(6-2,11-19)10-18-14-9-7-8-13(12(14)3)15(20)17-4/h7-9,18-19H,5-6,10-11H2,1-4H3,(H,17,20). The van der Waals surface area contributed by atoms with Crippen LogP contribution < -0.4 is 10.6 Å². The van der Waals surface area contributed by atoms with Gasteiger partial charge in [0, 0.05) is 30.3 Å². The number of aliphatic hydroxyl groups excluding tert-OH is 1. The Balaban J connectivity index is 2.91. The predicted molar refractivity (Wildman–Crippen MR) is 83.2 cm³/mol. The predicted octanol–water partition coefficient (Wildman–Crippen LogP) is 2.57. The third kappa shape index (κ3) is 3.51. The van der Waals surface area contributed by atoms with E-state index >= 15 is 0 Å². The second-order valence-corrected chi connectivity index (χ2v) is 5.28. The molecule has 4 nitrogen and oxygen atoms in total. The van der Waals surface area contributed by atoms with Gasteiger partial charge in [0.1, 0.15) is 0 Å². The number of hydrogen-bond donors (Lipinski definition) is 3. The van der Waals surface area contributed by atoms with Gasteiger partial charge in [-0.05, 0) is 37.5 Å². The molecule has 0 atom stereocenters. The van der Waals surface area contributed by atoms with Gasteiger partial charge in [0.25, 0.3) is 5.91 Å². The lowest BCUT2D eigenvalue weighted by molar-refractivity contribution is 0.0962. The number of amides is 1. The molecule has 1 amide bonds. The summed E-state index contributed by atoms with van der Waals surface area (Å²) in [6.45, 7) is 6.99. The van der Waals surface area contributed by atoms with Crippen LogP contribution in [-0.2, 0) is 0 Å². The largest absolute Gasteiger partial charge is 0.396 e. The van der Waals surface area contributed by atoms with Crippen LogP contribution in [-0.4, -0.2) is 31.2 Å². The monoisotopic (exact) mass is 278 g/mol.